The lowest BCUT2D eigenvalue weighted by atomic mass is 10.2. The van der Waals surface area contributed by atoms with Gasteiger partial charge < -0.3 is 9.52 Å². The number of hydrogen-bond donors (Lipinski definition) is 2. The quantitative estimate of drug-likeness (QED) is 0.609. The molecule has 1 aromatic heterocycles. The molecule has 0 saturated heterocycles. The average Bonchev–Trinajstić information content (AvgIpc) is 2.81. The number of halogens is 2. The Morgan fingerprint density at radius 3 is 2.85 bits per heavy atom. The first-order valence-corrected chi connectivity index (χ1v) is 7.13. The number of carbonyl (C=O) groups is 1. The molecule has 0 aliphatic rings. The molecule has 0 aliphatic heterocycles. The number of nitrogens with one attached hydrogen (secondary N) is 1. The topological polar surface area (TPSA) is 74.8 Å². The summed E-state index contributed by atoms with van der Waals surface area (Å²) in [6.45, 7) is 1.69. The molecule has 0 unspecified atom stereocenters. The highest BCUT2D eigenvalue weighted by Gasteiger charge is 2.10. The zero-order chi connectivity index (χ0) is 14.7. The first kappa shape index (κ1) is 14.8. The number of aryl methyl sites for hydroxylation is 1. The normalized spacial score (nSPS) is 10.9. The number of rotatable bonds is 3. The number of carbonyl (C=O) groups excluding carboxylic acids is 1. The van der Waals surface area contributed by atoms with Gasteiger partial charge in [-0.15, -0.1) is 0 Å². The van der Waals surface area contributed by atoms with Crippen LogP contribution in [0.3, 0.4) is 0 Å². The monoisotopic (exact) mass is 400 g/mol. The maximum atomic E-state index is 11.8. The van der Waals surface area contributed by atoms with E-state index in [-0.39, 0.29) is 11.7 Å². The Balaban J connectivity index is 2.11. The number of nitrogens with zero attached hydrogens (tertiary/aromatic N) is 1. The van der Waals surface area contributed by atoms with E-state index in [0.717, 1.165) is 4.47 Å². The Morgan fingerprint density at radius 1 is 1.45 bits per heavy atom. The van der Waals surface area contributed by atoms with Gasteiger partial charge in [-0.25, -0.2) is 5.43 Å². The third-order valence-corrected chi connectivity index (χ3v) is 3.59. The highest BCUT2D eigenvalue weighted by atomic mass is 79.9. The highest BCUT2D eigenvalue weighted by molar-refractivity contribution is 9.11. The second kappa shape index (κ2) is 6.23. The van der Waals surface area contributed by atoms with E-state index in [4.69, 9.17) is 4.42 Å². The molecule has 1 amide bonds. The Kier molecular flexibility index (Phi) is 4.61. The van der Waals surface area contributed by atoms with Crippen LogP contribution in [0.2, 0.25) is 0 Å². The van der Waals surface area contributed by atoms with E-state index in [2.05, 4.69) is 42.4 Å². The van der Waals surface area contributed by atoms with Gasteiger partial charge in [-0.1, -0.05) is 15.9 Å². The van der Waals surface area contributed by atoms with Crippen LogP contribution in [0.15, 0.2) is 42.9 Å². The van der Waals surface area contributed by atoms with Crippen LogP contribution in [0, 0.1) is 6.92 Å². The summed E-state index contributed by atoms with van der Waals surface area (Å²) >= 11 is 6.52. The molecule has 0 radical (unpaired) electrons. The van der Waals surface area contributed by atoms with Crippen molar-refractivity contribution in [3.05, 3.63) is 50.3 Å². The van der Waals surface area contributed by atoms with Crippen LogP contribution >= 0.6 is 31.9 Å². The predicted molar refractivity (Wildman–Crippen MR) is 82.0 cm³/mol. The van der Waals surface area contributed by atoms with E-state index < -0.39 is 0 Å². The van der Waals surface area contributed by atoms with Crippen molar-refractivity contribution in [2.24, 2.45) is 5.10 Å². The molecule has 2 aromatic rings. The molecule has 0 atom stereocenters. The van der Waals surface area contributed by atoms with E-state index in [0.29, 0.717) is 21.4 Å². The third kappa shape index (κ3) is 3.29. The maximum absolute atomic E-state index is 11.8. The molecular weight excluding hydrogens is 392 g/mol. The molecular formula is C13H10Br2N2O3. The Bertz CT molecular complexity index is 680. The number of amides is 1. The van der Waals surface area contributed by atoms with Crippen molar-refractivity contribution in [3.63, 3.8) is 0 Å². The lowest BCUT2D eigenvalue weighted by Crippen LogP contribution is -2.17. The van der Waals surface area contributed by atoms with Gasteiger partial charge in [0.15, 0.2) is 0 Å². The van der Waals surface area contributed by atoms with Crippen LogP contribution in [-0.4, -0.2) is 17.2 Å². The van der Waals surface area contributed by atoms with Gasteiger partial charge in [0.05, 0.1) is 22.5 Å². The first-order chi connectivity index (χ1) is 9.49. The van der Waals surface area contributed by atoms with Crippen molar-refractivity contribution >= 4 is 44.0 Å². The average molecular weight is 402 g/mol. The van der Waals surface area contributed by atoms with Crippen LogP contribution in [-0.2, 0) is 0 Å². The molecule has 2 rings (SSSR count). The Morgan fingerprint density at radius 2 is 2.20 bits per heavy atom. The molecule has 2 N–H and O–H groups in total. The van der Waals surface area contributed by atoms with Gasteiger partial charge in [-0.3, -0.25) is 4.79 Å². The number of aromatic hydroxyl groups is 1. The van der Waals surface area contributed by atoms with E-state index in [1.807, 2.05) is 0 Å². The minimum atomic E-state index is -0.374. The van der Waals surface area contributed by atoms with Crippen LogP contribution in [0.4, 0.5) is 0 Å². The van der Waals surface area contributed by atoms with Gasteiger partial charge in [-0.05, 0) is 41.1 Å². The standard InChI is InChI=1S/C13H10Br2N2O3/c1-7-10(2-3-20-7)13(19)17-16-6-8-4-9(14)5-11(15)12(8)18/h2-6,18H,1H3,(H,17,19)/b16-6+. The fraction of sp³-hybridized carbons (Fsp3) is 0.0769. The van der Waals surface area contributed by atoms with Crippen LogP contribution in [0.25, 0.3) is 0 Å². The molecule has 0 saturated carbocycles. The molecule has 0 bridgehead atoms. The fourth-order valence-electron chi connectivity index (χ4n) is 1.53. The number of furan rings is 1. The van der Waals surface area contributed by atoms with Gasteiger partial charge in [0.1, 0.15) is 11.5 Å². The summed E-state index contributed by atoms with van der Waals surface area (Å²) in [6.07, 6.45) is 2.80. The van der Waals surface area contributed by atoms with Crippen LogP contribution in [0.5, 0.6) is 5.75 Å². The second-order valence-electron chi connectivity index (χ2n) is 3.92. The largest absolute Gasteiger partial charge is 0.506 e. The van der Waals surface area contributed by atoms with Crippen molar-refractivity contribution in [2.75, 3.05) is 0 Å². The minimum absolute atomic E-state index is 0.0469. The number of benzene rings is 1. The summed E-state index contributed by atoms with van der Waals surface area (Å²) in [4.78, 5) is 11.8. The van der Waals surface area contributed by atoms with Gasteiger partial charge in [0.25, 0.3) is 5.91 Å². The minimum Gasteiger partial charge on any atom is -0.506 e. The summed E-state index contributed by atoms with van der Waals surface area (Å²) in [7, 11) is 0. The van der Waals surface area contributed by atoms with Crippen molar-refractivity contribution in [2.45, 2.75) is 6.92 Å². The highest BCUT2D eigenvalue weighted by Crippen LogP contribution is 2.30. The lowest BCUT2D eigenvalue weighted by molar-refractivity contribution is 0.0953. The molecule has 7 heteroatoms. The summed E-state index contributed by atoms with van der Waals surface area (Å²) in [5.41, 5.74) is 3.26. The Hall–Kier alpha value is -1.60. The molecule has 0 aliphatic carbocycles. The molecule has 1 aromatic carbocycles. The number of phenols is 1. The predicted octanol–water partition coefficient (Wildman–Crippen LogP) is 3.58. The van der Waals surface area contributed by atoms with Crippen molar-refractivity contribution in [1.82, 2.24) is 5.43 Å². The number of hydrazone groups is 1. The molecule has 0 fully saturated rings. The maximum Gasteiger partial charge on any atom is 0.274 e. The summed E-state index contributed by atoms with van der Waals surface area (Å²) in [5, 5.41) is 13.6. The van der Waals surface area contributed by atoms with Crippen LogP contribution in [0.1, 0.15) is 21.7 Å². The molecule has 0 spiro atoms. The SMILES string of the molecule is Cc1occc1C(=O)N/N=C/c1cc(Br)cc(Br)c1O. The molecule has 20 heavy (non-hydrogen) atoms. The summed E-state index contributed by atoms with van der Waals surface area (Å²) in [5.74, 6) is 0.192. The Labute approximate surface area is 131 Å². The smallest absolute Gasteiger partial charge is 0.274 e. The molecule has 5 nitrogen and oxygen atoms in total. The summed E-state index contributed by atoms with van der Waals surface area (Å²) in [6, 6.07) is 4.95. The molecule has 1 heterocycles. The third-order valence-electron chi connectivity index (χ3n) is 2.53. The van der Waals surface area contributed by atoms with Gasteiger partial charge >= 0.3 is 0 Å². The lowest BCUT2D eigenvalue weighted by Gasteiger charge is -2.03. The van der Waals surface area contributed by atoms with E-state index in [9.17, 15) is 9.90 Å². The number of hydrogen-bond acceptors (Lipinski definition) is 4. The zero-order valence-corrected chi connectivity index (χ0v) is 13.5. The summed E-state index contributed by atoms with van der Waals surface area (Å²) < 4.78 is 6.35. The first-order valence-electron chi connectivity index (χ1n) is 5.54. The van der Waals surface area contributed by atoms with Gasteiger partial charge in [-0.2, -0.15) is 5.10 Å². The van der Waals surface area contributed by atoms with Gasteiger partial charge in [0, 0.05) is 10.0 Å². The van der Waals surface area contributed by atoms with Crippen LogP contribution < -0.4 is 5.43 Å². The number of phenolic OH excluding ortho intramolecular Hbond substituents is 1. The van der Waals surface area contributed by atoms with Crippen molar-refractivity contribution < 1.29 is 14.3 Å². The van der Waals surface area contributed by atoms with Gasteiger partial charge in [0.2, 0.25) is 0 Å². The second-order valence-corrected chi connectivity index (χ2v) is 5.69. The zero-order valence-electron chi connectivity index (χ0n) is 10.4. The molecule has 104 valence electrons. The van der Waals surface area contributed by atoms with Crippen molar-refractivity contribution in [1.29, 1.82) is 0 Å². The van der Waals surface area contributed by atoms with E-state index >= 15 is 0 Å². The fourth-order valence-corrected chi connectivity index (χ4v) is 2.78. The van der Waals surface area contributed by atoms with E-state index in [1.54, 1.807) is 25.1 Å². The van der Waals surface area contributed by atoms with E-state index in [1.165, 1.54) is 12.5 Å². The van der Waals surface area contributed by atoms with Crippen molar-refractivity contribution in [3.8, 4) is 5.75 Å².